The molecule has 1 aromatic rings. The third kappa shape index (κ3) is 3.23. The van der Waals surface area contributed by atoms with Gasteiger partial charge in [0.25, 0.3) is 5.91 Å². The normalized spacial score (nSPS) is 24.0. The molecule has 0 aromatic carbocycles. The van der Waals surface area contributed by atoms with E-state index in [4.69, 9.17) is 5.10 Å². The van der Waals surface area contributed by atoms with Gasteiger partial charge in [-0.3, -0.25) is 9.48 Å². The van der Waals surface area contributed by atoms with E-state index in [1.165, 1.54) is 36.9 Å². The molecule has 132 valence electrons. The van der Waals surface area contributed by atoms with Crippen molar-refractivity contribution in [2.45, 2.75) is 70.9 Å². The van der Waals surface area contributed by atoms with E-state index in [2.05, 4.69) is 16.9 Å². The Kier molecular flexibility index (Phi) is 4.61. The Labute approximate surface area is 144 Å². The third-order valence-electron chi connectivity index (χ3n) is 5.88. The van der Waals surface area contributed by atoms with Gasteiger partial charge < -0.3 is 10.2 Å². The average molecular weight is 330 g/mol. The summed E-state index contributed by atoms with van der Waals surface area (Å²) in [6, 6.07) is 0.514. The first-order valence-corrected chi connectivity index (χ1v) is 9.87. The summed E-state index contributed by atoms with van der Waals surface area (Å²) < 4.78 is 2.07. The minimum absolute atomic E-state index is 0.168. The monoisotopic (exact) mass is 330 g/mol. The molecule has 2 heterocycles. The highest BCUT2D eigenvalue weighted by Gasteiger charge is 2.32. The molecule has 1 amide bonds. The van der Waals surface area contributed by atoms with Crippen LogP contribution in [0.2, 0.25) is 0 Å². The molecule has 1 aliphatic heterocycles. The van der Waals surface area contributed by atoms with Crippen molar-refractivity contribution < 1.29 is 4.79 Å². The zero-order chi connectivity index (χ0) is 16.5. The number of carbonyl (C=O) groups is 1. The minimum Gasteiger partial charge on any atom is -0.337 e. The Hall–Kier alpha value is -1.36. The van der Waals surface area contributed by atoms with Gasteiger partial charge in [-0.15, -0.1) is 0 Å². The van der Waals surface area contributed by atoms with Crippen LogP contribution in [0, 0.1) is 5.92 Å². The summed E-state index contributed by atoms with van der Waals surface area (Å²) in [7, 11) is 0. The van der Waals surface area contributed by atoms with Gasteiger partial charge in [0, 0.05) is 36.9 Å². The van der Waals surface area contributed by atoms with Gasteiger partial charge in [-0.25, -0.2) is 0 Å². The van der Waals surface area contributed by atoms with Gasteiger partial charge in [-0.1, -0.05) is 0 Å². The maximum absolute atomic E-state index is 13.0. The number of hydrogen-bond donors (Lipinski definition) is 1. The summed E-state index contributed by atoms with van der Waals surface area (Å²) in [6.45, 7) is 5.93. The summed E-state index contributed by atoms with van der Waals surface area (Å²) in [4.78, 5) is 15.0. The number of nitrogens with one attached hydrogen (secondary N) is 1. The maximum atomic E-state index is 13.0. The van der Waals surface area contributed by atoms with Gasteiger partial charge in [-0.05, 0) is 70.8 Å². The molecule has 0 unspecified atom stereocenters. The largest absolute Gasteiger partial charge is 0.337 e. The van der Waals surface area contributed by atoms with E-state index in [0.717, 1.165) is 63.5 Å². The molecule has 0 bridgehead atoms. The number of likely N-dealkylation sites (tertiary alicyclic amines) is 1. The highest BCUT2D eigenvalue weighted by atomic mass is 16.2. The molecule has 1 aromatic heterocycles. The van der Waals surface area contributed by atoms with Crippen LogP contribution in [0.3, 0.4) is 0 Å². The van der Waals surface area contributed by atoms with Crippen molar-refractivity contribution in [1.29, 1.82) is 0 Å². The van der Waals surface area contributed by atoms with Gasteiger partial charge in [0.15, 0.2) is 5.69 Å². The number of piperidine rings is 1. The van der Waals surface area contributed by atoms with E-state index < -0.39 is 0 Å². The number of carbonyl (C=O) groups excluding carboxylic acids is 1. The predicted octanol–water partition coefficient (Wildman–Crippen LogP) is 2.39. The van der Waals surface area contributed by atoms with Crippen LogP contribution in [0.4, 0.5) is 0 Å². The van der Waals surface area contributed by atoms with E-state index in [9.17, 15) is 4.79 Å². The lowest BCUT2D eigenvalue weighted by atomic mass is 9.90. The molecule has 3 aliphatic rings. The highest BCUT2D eigenvalue weighted by Crippen LogP contribution is 2.30. The molecular weight excluding hydrogens is 300 g/mol. The summed E-state index contributed by atoms with van der Waals surface area (Å²) in [5.41, 5.74) is 3.28. The lowest BCUT2D eigenvalue weighted by molar-refractivity contribution is 0.0716. The molecular formula is C19H30N4O. The van der Waals surface area contributed by atoms with Crippen LogP contribution >= 0.6 is 0 Å². The SMILES string of the molecule is CCn1nc(C(=O)N2CCCCC2)c2c1CC[C@@H](NCC1CC1)C2. The Bertz CT molecular complexity index is 599. The molecule has 5 heteroatoms. The number of aromatic nitrogens is 2. The van der Waals surface area contributed by atoms with Crippen molar-refractivity contribution in [2.24, 2.45) is 5.92 Å². The summed E-state index contributed by atoms with van der Waals surface area (Å²) in [5.74, 6) is 1.07. The quantitative estimate of drug-likeness (QED) is 0.902. The first kappa shape index (κ1) is 16.1. The minimum atomic E-state index is 0.168. The van der Waals surface area contributed by atoms with Crippen molar-refractivity contribution >= 4 is 5.91 Å². The smallest absolute Gasteiger partial charge is 0.274 e. The van der Waals surface area contributed by atoms with Gasteiger partial charge in [-0.2, -0.15) is 5.10 Å². The van der Waals surface area contributed by atoms with Crippen LogP contribution in [0.25, 0.3) is 0 Å². The average Bonchev–Trinajstić information content (AvgIpc) is 3.39. The molecule has 5 nitrogen and oxygen atoms in total. The molecule has 1 saturated heterocycles. The van der Waals surface area contributed by atoms with Crippen molar-refractivity contribution in [1.82, 2.24) is 20.0 Å². The first-order valence-electron chi connectivity index (χ1n) is 9.87. The predicted molar refractivity (Wildman–Crippen MR) is 94.2 cm³/mol. The Morgan fingerprint density at radius 2 is 2.00 bits per heavy atom. The first-order chi connectivity index (χ1) is 11.8. The second kappa shape index (κ2) is 6.87. The van der Waals surface area contributed by atoms with E-state index in [0.29, 0.717) is 6.04 Å². The van der Waals surface area contributed by atoms with Gasteiger partial charge >= 0.3 is 0 Å². The van der Waals surface area contributed by atoms with Gasteiger partial charge in [0.1, 0.15) is 0 Å². The van der Waals surface area contributed by atoms with Crippen molar-refractivity contribution in [3.05, 3.63) is 17.0 Å². The zero-order valence-electron chi connectivity index (χ0n) is 14.9. The number of nitrogens with zero attached hydrogens (tertiary/aromatic N) is 3. The third-order valence-corrected chi connectivity index (χ3v) is 5.88. The van der Waals surface area contributed by atoms with Crippen molar-refractivity contribution in [3.63, 3.8) is 0 Å². The fraction of sp³-hybridized carbons (Fsp3) is 0.789. The molecule has 1 N–H and O–H groups in total. The number of rotatable bonds is 5. The lowest BCUT2D eigenvalue weighted by Crippen LogP contribution is -2.38. The van der Waals surface area contributed by atoms with E-state index in [1.54, 1.807) is 0 Å². The second-order valence-electron chi connectivity index (χ2n) is 7.73. The Morgan fingerprint density at radius 3 is 2.71 bits per heavy atom. The molecule has 2 fully saturated rings. The standard InChI is InChI=1S/C19H30N4O/c1-2-23-17-9-8-15(20-13-14-6-7-14)12-16(17)18(21-23)19(24)22-10-4-3-5-11-22/h14-15,20H,2-13H2,1H3/t15-/m1/s1. The van der Waals surface area contributed by atoms with Crippen LogP contribution < -0.4 is 5.32 Å². The fourth-order valence-corrected chi connectivity index (χ4v) is 4.20. The van der Waals surface area contributed by atoms with Crippen LogP contribution in [0.5, 0.6) is 0 Å². The summed E-state index contributed by atoms with van der Waals surface area (Å²) in [5, 5.41) is 8.46. The molecule has 4 rings (SSSR count). The van der Waals surface area contributed by atoms with Crippen LogP contribution in [0.15, 0.2) is 0 Å². The fourth-order valence-electron chi connectivity index (χ4n) is 4.20. The highest BCUT2D eigenvalue weighted by molar-refractivity contribution is 5.94. The summed E-state index contributed by atoms with van der Waals surface area (Å²) >= 11 is 0. The Balaban J connectivity index is 1.53. The summed E-state index contributed by atoms with van der Waals surface area (Å²) in [6.07, 6.45) is 9.47. The van der Waals surface area contributed by atoms with E-state index in [1.807, 2.05) is 4.90 Å². The van der Waals surface area contributed by atoms with E-state index >= 15 is 0 Å². The number of hydrogen-bond acceptors (Lipinski definition) is 3. The second-order valence-corrected chi connectivity index (χ2v) is 7.73. The molecule has 1 atom stereocenters. The molecule has 2 aliphatic carbocycles. The zero-order valence-corrected chi connectivity index (χ0v) is 14.9. The molecule has 0 radical (unpaired) electrons. The van der Waals surface area contributed by atoms with Crippen LogP contribution in [-0.4, -0.2) is 46.3 Å². The molecule has 0 spiro atoms. The maximum Gasteiger partial charge on any atom is 0.274 e. The Morgan fingerprint density at radius 1 is 1.21 bits per heavy atom. The number of amides is 1. The van der Waals surface area contributed by atoms with E-state index in [-0.39, 0.29) is 5.91 Å². The van der Waals surface area contributed by atoms with Gasteiger partial charge in [0.2, 0.25) is 0 Å². The van der Waals surface area contributed by atoms with Gasteiger partial charge in [0.05, 0.1) is 0 Å². The molecule has 1 saturated carbocycles. The topological polar surface area (TPSA) is 50.2 Å². The van der Waals surface area contributed by atoms with Crippen molar-refractivity contribution in [2.75, 3.05) is 19.6 Å². The van der Waals surface area contributed by atoms with Crippen molar-refractivity contribution in [3.8, 4) is 0 Å². The van der Waals surface area contributed by atoms with Crippen LogP contribution in [0.1, 0.15) is 67.2 Å². The number of aryl methyl sites for hydroxylation is 1. The molecule has 24 heavy (non-hydrogen) atoms. The lowest BCUT2D eigenvalue weighted by Gasteiger charge is -2.27. The van der Waals surface area contributed by atoms with Crippen LogP contribution in [-0.2, 0) is 19.4 Å². The number of fused-ring (bicyclic) bond motifs is 1.